The third kappa shape index (κ3) is 6.29. The first-order valence-corrected chi connectivity index (χ1v) is 12.5. The van der Waals surface area contributed by atoms with Crippen molar-refractivity contribution in [1.82, 2.24) is 5.43 Å². The van der Waals surface area contributed by atoms with Gasteiger partial charge in [0.15, 0.2) is 0 Å². The molecule has 1 heterocycles. The van der Waals surface area contributed by atoms with Crippen LogP contribution in [0.3, 0.4) is 0 Å². The number of nitrogens with one attached hydrogen (secondary N) is 1. The van der Waals surface area contributed by atoms with E-state index in [9.17, 15) is 23.3 Å². The highest BCUT2D eigenvalue weighted by molar-refractivity contribution is 7.92. The van der Waals surface area contributed by atoms with Crippen molar-refractivity contribution in [1.29, 1.82) is 0 Å². The average molecular weight is 490 g/mol. The van der Waals surface area contributed by atoms with E-state index in [4.69, 9.17) is 4.74 Å². The normalized spacial score (nSPS) is 14.2. The zero-order valence-corrected chi connectivity index (χ0v) is 19.8. The zero-order chi connectivity index (χ0) is 24.7. The number of nitrogens with zero attached hydrogens (tertiary/aromatic N) is 4. The van der Waals surface area contributed by atoms with Crippen molar-refractivity contribution < 1.29 is 22.9 Å². The molecule has 3 rings (SSSR count). The van der Waals surface area contributed by atoms with Gasteiger partial charge in [0.25, 0.3) is 11.6 Å². The number of ether oxygens (including phenoxy) is 1. The number of aryl methyl sites for hydroxylation is 1. The van der Waals surface area contributed by atoms with Crippen LogP contribution in [-0.4, -0.2) is 64.6 Å². The van der Waals surface area contributed by atoms with Crippen LogP contribution in [0.25, 0.3) is 0 Å². The molecule has 0 radical (unpaired) electrons. The summed E-state index contributed by atoms with van der Waals surface area (Å²) in [6.07, 6.45) is 2.95. The van der Waals surface area contributed by atoms with Crippen LogP contribution in [0.2, 0.25) is 0 Å². The van der Waals surface area contributed by atoms with Gasteiger partial charge in [0.1, 0.15) is 6.54 Å². The standard InChI is InChI=1S/C22H27N5O6S/c1-3-17-6-4-5-7-21(17)26(34(2,31)32)16-22(28)24-23-15-18-14-19(27(29)30)8-9-20(18)25-10-12-33-13-11-25/h4-9,14-15H,3,10-13,16H2,1-2H3,(H,24,28)/b23-15-. The largest absolute Gasteiger partial charge is 0.378 e. The van der Waals surface area contributed by atoms with E-state index in [1.165, 1.54) is 18.3 Å². The third-order valence-electron chi connectivity index (χ3n) is 5.30. The lowest BCUT2D eigenvalue weighted by atomic mass is 10.1. The maximum Gasteiger partial charge on any atom is 0.270 e. The molecule has 1 N–H and O–H groups in total. The van der Waals surface area contributed by atoms with Gasteiger partial charge < -0.3 is 9.64 Å². The van der Waals surface area contributed by atoms with Crippen molar-refractivity contribution >= 4 is 39.2 Å². The Kier molecular flexibility index (Phi) is 8.18. The fourth-order valence-corrected chi connectivity index (χ4v) is 4.51. The van der Waals surface area contributed by atoms with Crippen LogP contribution in [0.15, 0.2) is 47.6 Å². The molecule has 0 bridgehead atoms. The Hall–Kier alpha value is -3.51. The summed E-state index contributed by atoms with van der Waals surface area (Å²) in [5.41, 5.74) is 4.62. The number of para-hydroxylation sites is 1. The fourth-order valence-electron chi connectivity index (χ4n) is 3.62. The lowest BCUT2D eigenvalue weighted by molar-refractivity contribution is -0.384. The van der Waals surface area contributed by atoms with Gasteiger partial charge in [-0.2, -0.15) is 5.10 Å². The Bertz CT molecular complexity index is 1180. The molecule has 1 amide bonds. The Balaban J connectivity index is 1.79. The molecule has 2 aromatic rings. The van der Waals surface area contributed by atoms with Crippen LogP contribution in [0.4, 0.5) is 17.1 Å². The van der Waals surface area contributed by atoms with E-state index in [0.29, 0.717) is 44.0 Å². The van der Waals surface area contributed by atoms with Gasteiger partial charge in [0.2, 0.25) is 10.0 Å². The Morgan fingerprint density at radius 2 is 1.97 bits per heavy atom. The lowest BCUT2D eigenvalue weighted by Gasteiger charge is -2.29. The lowest BCUT2D eigenvalue weighted by Crippen LogP contribution is -2.39. The molecule has 2 aromatic carbocycles. The monoisotopic (exact) mass is 489 g/mol. The quantitative estimate of drug-likeness (QED) is 0.323. The minimum atomic E-state index is -3.73. The van der Waals surface area contributed by atoms with Crippen molar-refractivity contribution in [3.05, 3.63) is 63.7 Å². The van der Waals surface area contributed by atoms with E-state index in [0.717, 1.165) is 21.8 Å². The maximum absolute atomic E-state index is 12.6. The number of amides is 1. The van der Waals surface area contributed by atoms with Crippen molar-refractivity contribution in [3.8, 4) is 0 Å². The van der Waals surface area contributed by atoms with Crippen molar-refractivity contribution in [2.75, 3.05) is 48.3 Å². The maximum atomic E-state index is 12.6. The number of hydrazone groups is 1. The predicted octanol–water partition coefficient (Wildman–Crippen LogP) is 1.91. The molecule has 12 heteroatoms. The highest BCUT2D eigenvalue weighted by Gasteiger charge is 2.23. The first-order valence-electron chi connectivity index (χ1n) is 10.7. The van der Waals surface area contributed by atoms with Crippen LogP contribution >= 0.6 is 0 Å². The van der Waals surface area contributed by atoms with E-state index >= 15 is 0 Å². The number of benzene rings is 2. The number of carbonyl (C=O) groups is 1. The van der Waals surface area contributed by atoms with Crippen molar-refractivity contribution in [2.45, 2.75) is 13.3 Å². The molecule has 0 saturated carbocycles. The molecule has 182 valence electrons. The number of rotatable bonds is 9. The summed E-state index contributed by atoms with van der Waals surface area (Å²) in [4.78, 5) is 25.3. The van der Waals surface area contributed by atoms with Crippen molar-refractivity contribution in [3.63, 3.8) is 0 Å². The fraction of sp³-hybridized carbons (Fsp3) is 0.364. The second kappa shape index (κ2) is 11.1. The van der Waals surface area contributed by atoms with E-state index in [1.54, 1.807) is 30.3 Å². The number of hydrogen-bond acceptors (Lipinski definition) is 8. The molecule has 0 spiro atoms. The summed E-state index contributed by atoms with van der Waals surface area (Å²) in [5, 5.41) is 15.2. The number of sulfonamides is 1. The molecule has 0 atom stereocenters. The van der Waals surface area contributed by atoms with Gasteiger partial charge in [-0.25, -0.2) is 13.8 Å². The Labute approximate surface area is 198 Å². The van der Waals surface area contributed by atoms with Crippen LogP contribution < -0.4 is 14.6 Å². The minimum Gasteiger partial charge on any atom is -0.378 e. The van der Waals surface area contributed by atoms with Crippen LogP contribution in [0.5, 0.6) is 0 Å². The van der Waals surface area contributed by atoms with E-state index in [-0.39, 0.29) is 5.69 Å². The third-order valence-corrected chi connectivity index (χ3v) is 6.42. The smallest absolute Gasteiger partial charge is 0.270 e. The van der Waals surface area contributed by atoms with Gasteiger partial charge in [-0.05, 0) is 24.1 Å². The van der Waals surface area contributed by atoms with Crippen LogP contribution in [0, 0.1) is 10.1 Å². The molecule has 1 aliphatic heterocycles. The summed E-state index contributed by atoms with van der Waals surface area (Å²) in [5.74, 6) is -0.647. The van der Waals surface area contributed by atoms with Gasteiger partial charge in [-0.15, -0.1) is 0 Å². The molecule has 1 saturated heterocycles. The number of hydrogen-bond donors (Lipinski definition) is 1. The highest BCUT2D eigenvalue weighted by Crippen LogP contribution is 2.25. The SMILES string of the molecule is CCc1ccccc1N(CC(=O)N/N=C\c1cc([N+](=O)[O-])ccc1N1CCOCC1)S(C)(=O)=O. The summed E-state index contributed by atoms with van der Waals surface area (Å²) in [6.45, 7) is 3.74. The summed E-state index contributed by atoms with van der Waals surface area (Å²) < 4.78 is 31.1. The number of morpholine rings is 1. The summed E-state index contributed by atoms with van der Waals surface area (Å²) in [7, 11) is -3.73. The van der Waals surface area contributed by atoms with Gasteiger partial charge in [0, 0.05) is 36.5 Å². The molecule has 0 aromatic heterocycles. The molecule has 0 unspecified atom stereocenters. The second-order valence-corrected chi connectivity index (χ2v) is 9.55. The Morgan fingerprint density at radius 1 is 1.26 bits per heavy atom. The zero-order valence-electron chi connectivity index (χ0n) is 19.0. The minimum absolute atomic E-state index is 0.107. The molecule has 11 nitrogen and oxygen atoms in total. The van der Waals surface area contributed by atoms with Gasteiger partial charge in [0.05, 0.1) is 36.3 Å². The van der Waals surface area contributed by atoms with Crippen LogP contribution in [-0.2, 0) is 26.0 Å². The van der Waals surface area contributed by atoms with Crippen molar-refractivity contribution in [2.24, 2.45) is 5.10 Å². The van der Waals surface area contributed by atoms with E-state index in [2.05, 4.69) is 10.5 Å². The number of non-ortho nitro benzene ring substituents is 1. The molecular formula is C22H27N5O6S. The number of anilines is 2. The number of carbonyl (C=O) groups excluding carboxylic acids is 1. The predicted molar refractivity (Wildman–Crippen MR) is 130 cm³/mol. The van der Waals surface area contributed by atoms with Crippen LogP contribution in [0.1, 0.15) is 18.1 Å². The van der Waals surface area contributed by atoms with Gasteiger partial charge >= 0.3 is 0 Å². The molecular weight excluding hydrogens is 462 g/mol. The van der Waals surface area contributed by atoms with E-state index in [1.807, 2.05) is 11.8 Å². The van der Waals surface area contributed by atoms with Gasteiger partial charge in [-0.3, -0.25) is 19.2 Å². The van der Waals surface area contributed by atoms with E-state index < -0.39 is 27.4 Å². The topological polar surface area (TPSA) is 134 Å². The van der Waals surface area contributed by atoms with Gasteiger partial charge in [-0.1, -0.05) is 25.1 Å². The Morgan fingerprint density at radius 3 is 2.62 bits per heavy atom. The first kappa shape index (κ1) is 25.1. The molecule has 1 fully saturated rings. The molecule has 34 heavy (non-hydrogen) atoms. The average Bonchev–Trinajstić information content (AvgIpc) is 2.82. The first-order chi connectivity index (χ1) is 16.2. The highest BCUT2D eigenvalue weighted by atomic mass is 32.2. The summed E-state index contributed by atoms with van der Waals surface area (Å²) >= 11 is 0. The molecule has 1 aliphatic rings. The number of nitro benzene ring substituents is 1. The second-order valence-electron chi connectivity index (χ2n) is 7.64. The summed E-state index contributed by atoms with van der Waals surface area (Å²) in [6, 6.07) is 11.4. The number of nitro groups is 1. The molecule has 0 aliphatic carbocycles.